The van der Waals surface area contributed by atoms with E-state index in [0.717, 1.165) is 23.9 Å². The SMILES string of the molecule is O=C(c1cccc([N+](=O)[O-])c1)N1CCc2c(c3ccccc3n2Cc2ccccc2)C1. The molecule has 0 radical (unpaired) electrons. The zero-order valence-electron chi connectivity index (χ0n) is 16.9. The number of nitro groups is 1. The lowest BCUT2D eigenvalue weighted by Gasteiger charge is -2.28. The van der Waals surface area contributed by atoms with Gasteiger partial charge in [-0.05, 0) is 17.7 Å². The summed E-state index contributed by atoms with van der Waals surface area (Å²) in [6.07, 6.45) is 0.748. The molecule has 0 unspecified atom stereocenters. The van der Waals surface area contributed by atoms with Crippen LogP contribution in [0.4, 0.5) is 5.69 Å². The molecular formula is C25H21N3O3. The van der Waals surface area contributed by atoms with E-state index in [1.54, 1.807) is 17.0 Å². The second kappa shape index (κ2) is 7.72. The number of hydrogen-bond donors (Lipinski definition) is 0. The number of amides is 1. The average Bonchev–Trinajstić information content (AvgIpc) is 3.12. The van der Waals surface area contributed by atoms with Crippen molar-refractivity contribution in [3.05, 3.63) is 111 Å². The van der Waals surface area contributed by atoms with Gasteiger partial charge in [-0.2, -0.15) is 0 Å². The molecule has 1 aromatic heterocycles. The molecule has 0 atom stereocenters. The Bertz CT molecular complexity index is 1290. The Kier molecular flexibility index (Phi) is 4.75. The molecule has 5 rings (SSSR count). The number of carbonyl (C=O) groups excluding carboxylic acids is 1. The largest absolute Gasteiger partial charge is 0.340 e. The molecule has 0 N–H and O–H groups in total. The van der Waals surface area contributed by atoms with Crippen molar-refractivity contribution < 1.29 is 9.72 Å². The molecule has 6 nitrogen and oxygen atoms in total. The van der Waals surface area contributed by atoms with Gasteiger partial charge < -0.3 is 9.47 Å². The number of hydrogen-bond acceptors (Lipinski definition) is 3. The molecule has 4 aromatic rings. The van der Waals surface area contributed by atoms with Crippen LogP contribution in [0.3, 0.4) is 0 Å². The van der Waals surface area contributed by atoms with Gasteiger partial charge in [0.2, 0.25) is 0 Å². The molecule has 2 heterocycles. The lowest BCUT2D eigenvalue weighted by molar-refractivity contribution is -0.384. The number of nitrogens with zero attached hydrogens (tertiary/aromatic N) is 3. The van der Waals surface area contributed by atoms with Crippen LogP contribution in [-0.4, -0.2) is 26.8 Å². The summed E-state index contributed by atoms with van der Waals surface area (Å²) in [6.45, 7) is 1.87. The van der Waals surface area contributed by atoms with Crippen molar-refractivity contribution in [2.45, 2.75) is 19.5 Å². The van der Waals surface area contributed by atoms with Gasteiger partial charge in [0.15, 0.2) is 0 Å². The zero-order chi connectivity index (χ0) is 21.4. The van der Waals surface area contributed by atoms with Crippen molar-refractivity contribution in [1.82, 2.24) is 9.47 Å². The fourth-order valence-corrected chi connectivity index (χ4v) is 4.46. The summed E-state index contributed by atoms with van der Waals surface area (Å²) in [6, 6.07) is 24.6. The molecule has 6 heteroatoms. The Morgan fingerprint density at radius 2 is 1.74 bits per heavy atom. The average molecular weight is 411 g/mol. The van der Waals surface area contributed by atoms with Crippen molar-refractivity contribution in [1.29, 1.82) is 0 Å². The topological polar surface area (TPSA) is 68.4 Å². The van der Waals surface area contributed by atoms with Crippen LogP contribution in [0.1, 0.15) is 27.2 Å². The normalized spacial score (nSPS) is 13.2. The van der Waals surface area contributed by atoms with E-state index >= 15 is 0 Å². The van der Waals surface area contributed by atoms with Gasteiger partial charge in [0.25, 0.3) is 11.6 Å². The summed E-state index contributed by atoms with van der Waals surface area (Å²) >= 11 is 0. The minimum Gasteiger partial charge on any atom is -0.340 e. The highest BCUT2D eigenvalue weighted by molar-refractivity contribution is 5.95. The van der Waals surface area contributed by atoms with Crippen LogP contribution in [0.25, 0.3) is 10.9 Å². The molecule has 31 heavy (non-hydrogen) atoms. The molecule has 1 aliphatic rings. The maximum Gasteiger partial charge on any atom is 0.270 e. The second-order valence-electron chi connectivity index (χ2n) is 7.80. The Balaban J connectivity index is 1.50. The van der Waals surface area contributed by atoms with Gasteiger partial charge in [0, 0.05) is 65.9 Å². The minimum absolute atomic E-state index is 0.0667. The zero-order valence-corrected chi connectivity index (χ0v) is 16.9. The van der Waals surface area contributed by atoms with Gasteiger partial charge in [-0.1, -0.05) is 54.6 Å². The van der Waals surface area contributed by atoms with E-state index < -0.39 is 4.92 Å². The van der Waals surface area contributed by atoms with Crippen LogP contribution in [0, 0.1) is 10.1 Å². The molecule has 0 saturated carbocycles. The first-order valence-electron chi connectivity index (χ1n) is 10.3. The molecule has 0 fully saturated rings. The highest BCUT2D eigenvalue weighted by atomic mass is 16.6. The minimum atomic E-state index is -0.470. The summed E-state index contributed by atoms with van der Waals surface area (Å²) < 4.78 is 2.36. The smallest absolute Gasteiger partial charge is 0.270 e. The van der Waals surface area contributed by atoms with Crippen molar-refractivity contribution in [2.24, 2.45) is 0 Å². The second-order valence-corrected chi connectivity index (χ2v) is 7.80. The van der Waals surface area contributed by atoms with E-state index in [2.05, 4.69) is 28.8 Å². The highest BCUT2D eigenvalue weighted by Gasteiger charge is 2.27. The lowest BCUT2D eigenvalue weighted by atomic mass is 10.0. The summed E-state index contributed by atoms with van der Waals surface area (Å²) in [5, 5.41) is 12.3. The number of para-hydroxylation sites is 1. The van der Waals surface area contributed by atoms with Gasteiger partial charge in [0.05, 0.1) is 4.92 Å². The number of aromatic nitrogens is 1. The van der Waals surface area contributed by atoms with Crippen LogP contribution in [-0.2, 0) is 19.5 Å². The molecule has 154 valence electrons. The molecule has 1 aliphatic heterocycles. The molecule has 0 spiro atoms. The summed E-state index contributed by atoms with van der Waals surface area (Å²) in [5.41, 5.74) is 5.11. The summed E-state index contributed by atoms with van der Waals surface area (Å²) in [5.74, 6) is -0.172. The molecular weight excluding hydrogens is 390 g/mol. The third-order valence-electron chi connectivity index (χ3n) is 5.94. The van der Waals surface area contributed by atoms with E-state index in [9.17, 15) is 14.9 Å². The van der Waals surface area contributed by atoms with Crippen molar-refractivity contribution >= 4 is 22.5 Å². The van der Waals surface area contributed by atoms with Crippen LogP contribution in [0.5, 0.6) is 0 Å². The Hall–Kier alpha value is -3.93. The Morgan fingerprint density at radius 3 is 2.55 bits per heavy atom. The fourth-order valence-electron chi connectivity index (χ4n) is 4.46. The van der Waals surface area contributed by atoms with E-state index in [1.165, 1.54) is 28.9 Å². The molecule has 1 amide bonds. The fraction of sp³-hybridized carbons (Fsp3) is 0.160. The quantitative estimate of drug-likeness (QED) is 0.358. The van der Waals surface area contributed by atoms with E-state index in [0.29, 0.717) is 18.7 Å². The maximum atomic E-state index is 13.1. The summed E-state index contributed by atoms with van der Waals surface area (Å²) in [4.78, 5) is 25.5. The number of nitro benzene ring substituents is 1. The molecule has 3 aromatic carbocycles. The van der Waals surface area contributed by atoms with Gasteiger partial charge in [0.1, 0.15) is 0 Å². The Morgan fingerprint density at radius 1 is 0.968 bits per heavy atom. The lowest BCUT2D eigenvalue weighted by Crippen LogP contribution is -2.36. The molecule has 0 bridgehead atoms. The first-order valence-corrected chi connectivity index (χ1v) is 10.3. The van der Waals surface area contributed by atoms with E-state index in [4.69, 9.17) is 0 Å². The predicted octanol–water partition coefficient (Wildman–Crippen LogP) is 4.80. The number of benzene rings is 3. The highest BCUT2D eigenvalue weighted by Crippen LogP contribution is 2.32. The molecule has 0 aliphatic carbocycles. The van der Waals surface area contributed by atoms with E-state index in [1.807, 2.05) is 30.3 Å². The third-order valence-corrected chi connectivity index (χ3v) is 5.94. The maximum absolute atomic E-state index is 13.1. The Labute approximate surface area is 179 Å². The third kappa shape index (κ3) is 3.46. The monoisotopic (exact) mass is 411 g/mol. The number of fused-ring (bicyclic) bond motifs is 3. The predicted molar refractivity (Wildman–Crippen MR) is 119 cm³/mol. The van der Waals surface area contributed by atoms with Gasteiger partial charge >= 0.3 is 0 Å². The molecule has 0 saturated heterocycles. The number of carbonyl (C=O) groups is 1. The number of non-ortho nitro benzene ring substituents is 1. The standard InChI is InChI=1S/C25H21N3O3/c29-25(19-9-6-10-20(15-19)28(30)31)26-14-13-24-22(17-26)21-11-4-5-12-23(21)27(24)16-18-7-2-1-3-8-18/h1-12,15H,13-14,16-17H2. The van der Waals surface area contributed by atoms with Crippen LogP contribution < -0.4 is 0 Å². The summed E-state index contributed by atoms with van der Waals surface area (Å²) in [7, 11) is 0. The van der Waals surface area contributed by atoms with Gasteiger partial charge in [-0.25, -0.2) is 0 Å². The van der Waals surface area contributed by atoms with Gasteiger partial charge in [-0.3, -0.25) is 14.9 Å². The first kappa shape index (κ1) is 19.1. The van der Waals surface area contributed by atoms with Crippen LogP contribution in [0.2, 0.25) is 0 Å². The van der Waals surface area contributed by atoms with Crippen molar-refractivity contribution in [3.8, 4) is 0 Å². The van der Waals surface area contributed by atoms with Crippen molar-refractivity contribution in [3.63, 3.8) is 0 Å². The van der Waals surface area contributed by atoms with Crippen LogP contribution >= 0.6 is 0 Å². The first-order chi connectivity index (χ1) is 15.1. The van der Waals surface area contributed by atoms with E-state index in [-0.39, 0.29) is 11.6 Å². The van der Waals surface area contributed by atoms with Crippen molar-refractivity contribution in [2.75, 3.05) is 6.54 Å². The van der Waals surface area contributed by atoms with Gasteiger partial charge in [-0.15, -0.1) is 0 Å². The number of rotatable bonds is 4. The van der Waals surface area contributed by atoms with Crippen LogP contribution in [0.15, 0.2) is 78.9 Å².